The molecular formula is C19H19N3O2S. The van der Waals surface area contributed by atoms with Crippen LogP contribution in [0.4, 0.5) is 5.69 Å². The van der Waals surface area contributed by atoms with Crippen molar-refractivity contribution in [2.45, 2.75) is 13.8 Å². The van der Waals surface area contributed by atoms with Gasteiger partial charge in [-0.15, -0.1) is 11.3 Å². The zero-order valence-electron chi connectivity index (χ0n) is 14.1. The maximum Gasteiger partial charge on any atom is 0.167 e. The minimum Gasteiger partial charge on any atom is -0.372 e. The summed E-state index contributed by atoms with van der Waals surface area (Å²) in [4.78, 5) is 12.5. The highest BCUT2D eigenvalue weighted by Gasteiger charge is 2.23. The Morgan fingerprint density at radius 1 is 1.16 bits per heavy atom. The monoisotopic (exact) mass is 353 g/mol. The van der Waals surface area contributed by atoms with Crippen LogP contribution >= 0.6 is 11.3 Å². The summed E-state index contributed by atoms with van der Waals surface area (Å²) in [5.74, 6) is 0.636. The van der Waals surface area contributed by atoms with Crippen LogP contribution < -0.4 is 9.74 Å². The van der Waals surface area contributed by atoms with E-state index in [9.17, 15) is 5.21 Å². The van der Waals surface area contributed by atoms with Gasteiger partial charge in [0, 0.05) is 30.4 Å². The highest BCUT2D eigenvalue weighted by molar-refractivity contribution is 7.19. The van der Waals surface area contributed by atoms with Crippen molar-refractivity contribution in [3.05, 3.63) is 53.0 Å². The van der Waals surface area contributed by atoms with Gasteiger partial charge in [-0.2, -0.15) is 0 Å². The highest BCUT2D eigenvalue weighted by Crippen LogP contribution is 2.37. The van der Waals surface area contributed by atoms with Crippen molar-refractivity contribution < 1.29 is 10.0 Å². The third kappa shape index (κ3) is 2.83. The molecule has 5 nitrogen and oxygen atoms in total. The molecule has 0 amide bonds. The highest BCUT2D eigenvalue weighted by atomic mass is 32.1. The van der Waals surface area contributed by atoms with Crippen LogP contribution in [0, 0.1) is 0 Å². The van der Waals surface area contributed by atoms with E-state index in [4.69, 9.17) is 4.84 Å². The molecule has 1 N–H and O–H groups in total. The topological polar surface area (TPSA) is 48.8 Å². The molecule has 0 atom stereocenters. The van der Waals surface area contributed by atoms with Gasteiger partial charge in [0.15, 0.2) is 5.75 Å². The van der Waals surface area contributed by atoms with E-state index in [2.05, 4.69) is 29.8 Å². The van der Waals surface area contributed by atoms with Crippen molar-refractivity contribution in [2.24, 2.45) is 0 Å². The zero-order valence-corrected chi connectivity index (χ0v) is 15.0. The zero-order chi connectivity index (χ0) is 17.4. The lowest BCUT2D eigenvalue weighted by Crippen LogP contribution is -2.26. The second-order valence-electron chi connectivity index (χ2n) is 5.77. The molecule has 1 aromatic heterocycles. The smallest absolute Gasteiger partial charge is 0.167 e. The lowest BCUT2D eigenvalue weighted by atomic mass is 10.1. The molecular weight excluding hydrogens is 334 g/mol. The van der Waals surface area contributed by atoms with E-state index in [1.807, 2.05) is 42.5 Å². The van der Waals surface area contributed by atoms with E-state index in [1.165, 1.54) is 11.3 Å². The number of thiazole rings is 1. The van der Waals surface area contributed by atoms with Crippen molar-refractivity contribution in [3.8, 4) is 5.75 Å². The van der Waals surface area contributed by atoms with E-state index in [-0.39, 0.29) is 0 Å². The number of nitrogens with zero attached hydrogens (tertiary/aromatic N) is 3. The molecule has 0 bridgehead atoms. The van der Waals surface area contributed by atoms with Crippen LogP contribution in [-0.2, 0) is 0 Å². The Morgan fingerprint density at radius 3 is 2.72 bits per heavy atom. The molecule has 2 aromatic carbocycles. The average Bonchev–Trinajstić information content (AvgIpc) is 3.06. The van der Waals surface area contributed by atoms with Crippen LogP contribution in [0.2, 0.25) is 0 Å². The second-order valence-corrected chi connectivity index (χ2v) is 6.81. The molecule has 0 saturated heterocycles. The molecule has 0 unspecified atom stereocenters. The van der Waals surface area contributed by atoms with Gasteiger partial charge in [-0.1, -0.05) is 17.4 Å². The van der Waals surface area contributed by atoms with Crippen LogP contribution in [0.5, 0.6) is 5.75 Å². The molecule has 0 fully saturated rings. The molecule has 128 valence electrons. The van der Waals surface area contributed by atoms with Crippen LogP contribution in [-0.4, -0.2) is 28.5 Å². The largest absolute Gasteiger partial charge is 0.372 e. The van der Waals surface area contributed by atoms with Gasteiger partial charge in [0.05, 0.1) is 10.2 Å². The van der Waals surface area contributed by atoms with E-state index in [0.717, 1.165) is 44.8 Å². The molecule has 3 aromatic rings. The molecule has 25 heavy (non-hydrogen) atoms. The van der Waals surface area contributed by atoms with Gasteiger partial charge in [-0.25, -0.2) is 4.98 Å². The number of hydrogen-bond donors (Lipinski definition) is 1. The molecule has 2 heterocycles. The van der Waals surface area contributed by atoms with E-state index in [0.29, 0.717) is 11.4 Å². The summed E-state index contributed by atoms with van der Waals surface area (Å²) >= 11 is 1.53. The molecule has 0 aliphatic carbocycles. The Morgan fingerprint density at radius 2 is 1.96 bits per heavy atom. The fraction of sp³-hybridized carbons (Fsp3) is 0.211. The molecule has 1 aliphatic rings. The van der Waals surface area contributed by atoms with E-state index < -0.39 is 0 Å². The van der Waals surface area contributed by atoms with Gasteiger partial charge in [-0.3, -0.25) is 5.21 Å². The first kappa shape index (κ1) is 15.9. The quantitative estimate of drug-likeness (QED) is 0.740. The number of rotatable bonds is 4. The summed E-state index contributed by atoms with van der Waals surface area (Å²) in [5.41, 5.74) is 3.47. The first-order valence-electron chi connectivity index (χ1n) is 8.33. The summed E-state index contributed by atoms with van der Waals surface area (Å²) in [6, 6.07) is 14.0. The van der Waals surface area contributed by atoms with Crippen LogP contribution in [0.15, 0.2) is 42.5 Å². The van der Waals surface area contributed by atoms with Crippen molar-refractivity contribution in [3.63, 3.8) is 0 Å². The van der Waals surface area contributed by atoms with Crippen molar-refractivity contribution >= 4 is 39.0 Å². The molecule has 4 rings (SSSR count). The average molecular weight is 353 g/mol. The van der Waals surface area contributed by atoms with Gasteiger partial charge in [-0.05, 0) is 44.2 Å². The van der Waals surface area contributed by atoms with Crippen molar-refractivity contribution in [2.75, 3.05) is 18.0 Å². The maximum atomic E-state index is 10.3. The summed E-state index contributed by atoms with van der Waals surface area (Å²) < 4.78 is 1.08. The van der Waals surface area contributed by atoms with Crippen LogP contribution in [0.3, 0.4) is 0 Å². The number of hydrogen-bond acceptors (Lipinski definition) is 6. The predicted molar refractivity (Wildman–Crippen MR) is 102 cm³/mol. The fourth-order valence-electron chi connectivity index (χ4n) is 2.98. The molecule has 0 spiro atoms. The van der Waals surface area contributed by atoms with Crippen molar-refractivity contribution in [1.29, 1.82) is 0 Å². The van der Waals surface area contributed by atoms with E-state index in [1.54, 1.807) is 0 Å². The van der Waals surface area contributed by atoms with Gasteiger partial charge in [0.1, 0.15) is 10.7 Å². The number of fused-ring (bicyclic) bond motifs is 2. The van der Waals surface area contributed by atoms with Gasteiger partial charge in [0.2, 0.25) is 0 Å². The minimum absolute atomic E-state index is 0.546. The van der Waals surface area contributed by atoms with Crippen LogP contribution in [0.1, 0.15) is 24.4 Å². The lowest BCUT2D eigenvalue weighted by Gasteiger charge is -2.26. The molecule has 6 heteroatoms. The molecule has 1 aliphatic heterocycles. The Kier molecular flexibility index (Phi) is 4.07. The van der Waals surface area contributed by atoms with Gasteiger partial charge >= 0.3 is 0 Å². The Labute approximate surface area is 150 Å². The standard InChI is InChI=1S/C19H19N3O2S/c1-3-21(4-2)14-10-9-13-11-16(22(23)24-17(13)12-14)19-20-15-7-5-6-8-18(15)25-19/h5-12,23H,3-4H2,1-2H3. The second kappa shape index (κ2) is 6.38. The SMILES string of the molecule is CCN(CC)c1ccc2c(c1)ON(O)C(c1nc3ccccc3s1)=C2. The van der Waals surface area contributed by atoms with Crippen molar-refractivity contribution in [1.82, 2.24) is 10.2 Å². The normalized spacial score (nSPS) is 13.4. The number of benzene rings is 2. The number of hydroxylamine groups is 2. The first-order chi connectivity index (χ1) is 12.2. The Balaban J connectivity index is 1.74. The number of anilines is 1. The lowest BCUT2D eigenvalue weighted by molar-refractivity contribution is -0.230. The molecule has 0 saturated carbocycles. The van der Waals surface area contributed by atoms with Crippen LogP contribution in [0.25, 0.3) is 22.0 Å². The molecule has 0 radical (unpaired) electrons. The summed E-state index contributed by atoms with van der Waals surface area (Å²) in [6.45, 7) is 6.08. The van der Waals surface area contributed by atoms with E-state index >= 15 is 0 Å². The van der Waals surface area contributed by atoms with Gasteiger partial charge < -0.3 is 9.74 Å². The summed E-state index contributed by atoms with van der Waals surface area (Å²) in [5, 5.41) is 11.9. The van der Waals surface area contributed by atoms with Gasteiger partial charge in [0.25, 0.3) is 0 Å². The minimum atomic E-state index is 0.546. The number of para-hydroxylation sites is 1. The third-order valence-corrected chi connectivity index (χ3v) is 5.38. The third-order valence-electron chi connectivity index (χ3n) is 4.32. The maximum absolute atomic E-state index is 10.3. The summed E-state index contributed by atoms with van der Waals surface area (Å²) in [6.07, 6.45) is 1.91. The Hall–Kier alpha value is -2.57. The fourth-order valence-corrected chi connectivity index (χ4v) is 3.94. The summed E-state index contributed by atoms with van der Waals surface area (Å²) in [7, 11) is 0. The Bertz CT molecular complexity index is 914. The first-order valence-corrected chi connectivity index (χ1v) is 9.15. The predicted octanol–water partition coefficient (Wildman–Crippen LogP) is 4.64. The number of aromatic nitrogens is 1.